The summed E-state index contributed by atoms with van der Waals surface area (Å²) >= 11 is 0. The smallest absolute Gasteiger partial charge is 0.243 e. The van der Waals surface area contributed by atoms with Crippen molar-refractivity contribution in [3.63, 3.8) is 0 Å². The lowest BCUT2D eigenvalue weighted by atomic mass is 10.0. The lowest BCUT2D eigenvalue weighted by Gasteiger charge is -2.33. The lowest BCUT2D eigenvalue weighted by molar-refractivity contribution is -0.117. The number of hydrogen-bond acceptors (Lipinski definition) is 8. The van der Waals surface area contributed by atoms with Gasteiger partial charge in [0.15, 0.2) is 23.1 Å². The molecule has 0 saturated carbocycles. The first-order valence-electron chi connectivity index (χ1n) is 10.6. The number of carbonyl (C=O) groups excluding carboxylic acids is 1. The number of anilines is 1. The number of methoxy groups -OCH3 is 2. The van der Waals surface area contributed by atoms with Gasteiger partial charge in [0.25, 0.3) is 0 Å². The van der Waals surface area contributed by atoms with Crippen molar-refractivity contribution in [3.05, 3.63) is 48.8 Å². The third-order valence-electron chi connectivity index (χ3n) is 5.61. The van der Waals surface area contributed by atoms with Crippen molar-refractivity contribution in [2.24, 2.45) is 0 Å². The zero-order chi connectivity index (χ0) is 24.2. The fraction of sp³-hybridized carbons (Fsp3) is 0.304. The van der Waals surface area contributed by atoms with Gasteiger partial charge in [0.1, 0.15) is 0 Å². The first-order chi connectivity index (χ1) is 16.4. The summed E-state index contributed by atoms with van der Waals surface area (Å²) in [5.41, 5.74) is 0.162. The van der Waals surface area contributed by atoms with Crippen LogP contribution in [-0.2, 0) is 4.79 Å². The number of piperidine rings is 1. The summed E-state index contributed by atoms with van der Waals surface area (Å²) in [6.45, 7) is 4.87. The summed E-state index contributed by atoms with van der Waals surface area (Å²) in [7, 11) is 2.57. The van der Waals surface area contributed by atoms with Gasteiger partial charge in [-0.25, -0.2) is 18.7 Å². The highest BCUT2D eigenvalue weighted by Gasteiger charge is 2.27. The van der Waals surface area contributed by atoms with Gasteiger partial charge in [0, 0.05) is 24.2 Å². The maximum Gasteiger partial charge on any atom is 0.243 e. The van der Waals surface area contributed by atoms with E-state index in [-0.39, 0.29) is 40.7 Å². The zero-order valence-corrected chi connectivity index (χ0v) is 18.7. The molecule has 1 amide bonds. The highest BCUT2D eigenvalue weighted by atomic mass is 19.1. The number of halogens is 2. The topological polar surface area (TPSA) is 110 Å². The van der Waals surface area contributed by atoms with Crippen molar-refractivity contribution >= 4 is 22.8 Å². The molecule has 1 aliphatic heterocycles. The number of fused-ring (bicyclic) bond motifs is 1. The van der Waals surface area contributed by atoms with Crippen LogP contribution in [0.4, 0.5) is 14.7 Å². The second-order valence-electron chi connectivity index (χ2n) is 7.67. The number of ether oxygens (including phenoxy) is 2. The molecule has 0 radical (unpaired) electrons. The van der Waals surface area contributed by atoms with Crippen LogP contribution in [0.2, 0.25) is 0 Å². The van der Waals surface area contributed by atoms with E-state index in [4.69, 9.17) is 9.47 Å². The molecule has 1 aliphatic rings. The quantitative estimate of drug-likeness (QED) is 0.452. The van der Waals surface area contributed by atoms with Gasteiger partial charge in [-0.3, -0.25) is 9.78 Å². The van der Waals surface area contributed by atoms with Crippen molar-refractivity contribution in [1.82, 2.24) is 25.6 Å². The monoisotopic (exact) mass is 470 g/mol. The summed E-state index contributed by atoms with van der Waals surface area (Å²) < 4.78 is 39.7. The predicted molar refractivity (Wildman–Crippen MR) is 123 cm³/mol. The minimum atomic E-state index is -0.885. The Morgan fingerprint density at radius 2 is 1.88 bits per heavy atom. The van der Waals surface area contributed by atoms with E-state index in [1.807, 2.05) is 0 Å². The standard InChI is InChI=1S/C23H24F2N6O3/c1-4-19(32)29-13-5-6-26-10-16(13)31-23-28-9-12-7-14(27-11-15(12)30-23)20-21(24)17(33-2)8-18(34-3)22(20)25/h4,7-9,11,13,16,26H,1,5-6,10H2,2-3H3,(H,29,32)(H,28,30,31)/t13-,16+/m0/s1. The third kappa shape index (κ3) is 4.60. The molecule has 0 spiro atoms. The van der Waals surface area contributed by atoms with Crippen LogP contribution in [0.3, 0.4) is 0 Å². The molecular weight excluding hydrogens is 446 g/mol. The van der Waals surface area contributed by atoms with E-state index in [0.29, 0.717) is 23.4 Å². The highest BCUT2D eigenvalue weighted by Crippen LogP contribution is 2.37. The van der Waals surface area contributed by atoms with Crippen molar-refractivity contribution in [3.8, 4) is 22.8 Å². The fourth-order valence-electron chi connectivity index (χ4n) is 3.84. The molecule has 178 valence electrons. The minimum Gasteiger partial charge on any atom is -0.494 e. The number of rotatable bonds is 7. The molecule has 1 aromatic carbocycles. The summed E-state index contributed by atoms with van der Waals surface area (Å²) in [5.74, 6) is -2.00. The highest BCUT2D eigenvalue weighted by molar-refractivity contribution is 5.87. The van der Waals surface area contributed by atoms with E-state index in [0.717, 1.165) is 19.0 Å². The first kappa shape index (κ1) is 23.3. The molecule has 3 aromatic rings. The molecule has 4 rings (SSSR count). The van der Waals surface area contributed by atoms with Crippen LogP contribution in [0.1, 0.15) is 6.42 Å². The number of aromatic nitrogens is 3. The molecule has 0 unspecified atom stereocenters. The van der Waals surface area contributed by atoms with Gasteiger partial charge in [-0.15, -0.1) is 0 Å². The summed E-state index contributed by atoms with van der Waals surface area (Å²) in [6, 6.07) is 2.37. The van der Waals surface area contributed by atoms with E-state index >= 15 is 0 Å². The van der Waals surface area contributed by atoms with Crippen LogP contribution in [-0.4, -0.2) is 60.3 Å². The average Bonchev–Trinajstić information content (AvgIpc) is 2.85. The molecule has 2 atom stereocenters. The Bertz CT molecular complexity index is 1210. The maximum atomic E-state index is 14.9. The third-order valence-corrected chi connectivity index (χ3v) is 5.61. The van der Waals surface area contributed by atoms with Gasteiger partial charge in [0.05, 0.1) is 49.3 Å². The Balaban J connectivity index is 1.63. The Morgan fingerprint density at radius 3 is 2.56 bits per heavy atom. The minimum absolute atomic E-state index is 0.0488. The Labute approximate surface area is 194 Å². The number of hydrogen-bond donors (Lipinski definition) is 3. The average molecular weight is 470 g/mol. The van der Waals surface area contributed by atoms with Gasteiger partial charge < -0.3 is 25.4 Å². The molecule has 0 aliphatic carbocycles. The van der Waals surface area contributed by atoms with Gasteiger partial charge in [-0.05, 0) is 25.1 Å². The molecule has 34 heavy (non-hydrogen) atoms. The van der Waals surface area contributed by atoms with E-state index in [2.05, 4.69) is 37.5 Å². The van der Waals surface area contributed by atoms with E-state index in [1.165, 1.54) is 38.8 Å². The van der Waals surface area contributed by atoms with Gasteiger partial charge >= 0.3 is 0 Å². The molecule has 0 bridgehead atoms. The van der Waals surface area contributed by atoms with Crippen molar-refractivity contribution in [1.29, 1.82) is 0 Å². The summed E-state index contributed by atoms with van der Waals surface area (Å²) in [4.78, 5) is 24.8. The maximum absolute atomic E-state index is 14.9. The SMILES string of the molecule is C=CC(=O)N[C@H]1CCNC[C@H]1Nc1ncc2cc(-c3c(F)c(OC)cc(OC)c3F)ncc2n1. The zero-order valence-electron chi connectivity index (χ0n) is 18.7. The summed E-state index contributed by atoms with van der Waals surface area (Å²) in [5, 5.41) is 9.95. The van der Waals surface area contributed by atoms with Crippen LogP contribution in [0.15, 0.2) is 37.2 Å². The van der Waals surface area contributed by atoms with E-state index in [1.54, 1.807) is 0 Å². The van der Waals surface area contributed by atoms with E-state index < -0.39 is 11.6 Å². The van der Waals surface area contributed by atoms with Crippen LogP contribution in [0.5, 0.6) is 11.5 Å². The number of benzene rings is 1. The number of amides is 1. The molecule has 2 aromatic heterocycles. The van der Waals surface area contributed by atoms with Gasteiger partial charge in [-0.2, -0.15) is 0 Å². The molecule has 3 N–H and O–H groups in total. The second kappa shape index (κ2) is 9.96. The van der Waals surface area contributed by atoms with Crippen molar-refractivity contribution < 1.29 is 23.0 Å². The molecule has 1 fully saturated rings. The summed E-state index contributed by atoms with van der Waals surface area (Å²) in [6.07, 6.45) is 4.92. The van der Waals surface area contributed by atoms with Crippen molar-refractivity contribution in [2.45, 2.75) is 18.5 Å². The number of nitrogens with zero attached hydrogens (tertiary/aromatic N) is 3. The molecular formula is C23H24F2N6O3. The number of pyridine rings is 1. The van der Waals surface area contributed by atoms with Gasteiger partial charge in [-0.1, -0.05) is 6.58 Å². The van der Waals surface area contributed by atoms with Crippen LogP contribution < -0.4 is 25.4 Å². The molecule has 3 heterocycles. The normalized spacial score (nSPS) is 17.8. The first-order valence-corrected chi connectivity index (χ1v) is 10.6. The van der Waals surface area contributed by atoms with Crippen molar-refractivity contribution in [2.75, 3.05) is 32.6 Å². The van der Waals surface area contributed by atoms with E-state index in [9.17, 15) is 13.6 Å². The molecule has 11 heteroatoms. The predicted octanol–water partition coefficient (Wildman–Crippen LogP) is 2.43. The Kier molecular flexibility index (Phi) is 6.82. The number of carbonyl (C=O) groups is 1. The second-order valence-corrected chi connectivity index (χ2v) is 7.67. The molecule has 1 saturated heterocycles. The van der Waals surface area contributed by atoms with Crippen LogP contribution in [0.25, 0.3) is 22.2 Å². The van der Waals surface area contributed by atoms with Gasteiger partial charge in [0.2, 0.25) is 11.9 Å². The largest absolute Gasteiger partial charge is 0.494 e. The number of nitrogens with one attached hydrogen (secondary N) is 3. The Morgan fingerprint density at radius 1 is 1.15 bits per heavy atom. The van der Waals surface area contributed by atoms with Crippen LogP contribution >= 0.6 is 0 Å². The van der Waals surface area contributed by atoms with Crippen LogP contribution in [0, 0.1) is 11.6 Å². The fourth-order valence-corrected chi connectivity index (χ4v) is 3.84. The molecule has 9 nitrogen and oxygen atoms in total. The lowest BCUT2D eigenvalue weighted by Crippen LogP contribution is -2.55. The Hall–Kier alpha value is -3.86.